The number of hydrogen-bond donors (Lipinski definition) is 0. The van der Waals surface area contributed by atoms with E-state index < -0.39 is 9.84 Å². The molecule has 5 nitrogen and oxygen atoms in total. The summed E-state index contributed by atoms with van der Waals surface area (Å²) in [5, 5.41) is 0. The average molecular weight is 459 g/mol. The highest BCUT2D eigenvalue weighted by Crippen LogP contribution is 2.60. The highest BCUT2D eigenvalue weighted by atomic mass is 35.5. The number of hydrogen-bond acceptors (Lipinski definition) is 4. The lowest BCUT2D eigenvalue weighted by molar-refractivity contribution is -0.136. The summed E-state index contributed by atoms with van der Waals surface area (Å²) in [5.74, 6) is -0.162. The van der Waals surface area contributed by atoms with Gasteiger partial charge in [-0.3, -0.25) is 4.79 Å². The number of allylic oxidation sites excluding steroid dienone is 1. The topological polar surface area (TPSA) is 57.7 Å². The van der Waals surface area contributed by atoms with Gasteiger partial charge < -0.3 is 9.80 Å². The van der Waals surface area contributed by atoms with E-state index in [-0.39, 0.29) is 45.2 Å². The van der Waals surface area contributed by atoms with E-state index in [1.807, 2.05) is 57.1 Å². The number of amides is 1. The van der Waals surface area contributed by atoms with Gasteiger partial charge in [0.15, 0.2) is 9.84 Å². The molecule has 1 heterocycles. The van der Waals surface area contributed by atoms with Gasteiger partial charge in [-0.15, -0.1) is 0 Å². The SMILES string of the molecule is CN(C)c1ccc(CN(C(=O)[C@@H]2[C@H](C=C(Cl)Cl)C2(C)C)[C@H]2CCS(=O)(=O)C2)cc1. The fraction of sp³-hybridized carbons (Fsp3) is 0.571. The number of rotatable bonds is 6. The number of anilines is 1. The molecule has 0 bridgehead atoms. The lowest BCUT2D eigenvalue weighted by Crippen LogP contribution is -2.42. The number of sulfone groups is 1. The summed E-state index contributed by atoms with van der Waals surface area (Å²) < 4.78 is 24.3. The smallest absolute Gasteiger partial charge is 0.227 e. The molecule has 1 amide bonds. The van der Waals surface area contributed by atoms with Crippen molar-refractivity contribution >= 4 is 44.6 Å². The van der Waals surface area contributed by atoms with Gasteiger partial charge in [0.1, 0.15) is 4.49 Å². The van der Waals surface area contributed by atoms with Crippen LogP contribution >= 0.6 is 23.2 Å². The van der Waals surface area contributed by atoms with Gasteiger partial charge in [0, 0.05) is 32.4 Å². The Morgan fingerprint density at radius 3 is 2.31 bits per heavy atom. The molecule has 1 aromatic rings. The first-order chi connectivity index (χ1) is 13.4. The second kappa shape index (κ2) is 8.12. The molecule has 0 unspecified atom stereocenters. The van der Waals surface area contributed by atoms with E-state index in [0.29, 0.717) is 13.0 Å². The van der Waals surface area contributed by atoms with Crippen molar-refractivity contribution in [3.63, 3.8) is 0 Å². The molecule has 0 N–H and O–H groups in total. The van der Waals surface area contributed by atoms with Crippen LogP contribution in [0, 0.1) is 17.3 Å². The predicted octanol–water partition coefficient (Wildman–Crippen LogP) is 3.86. The van der Waals surface area contributed by atoms with Crippen molar-refractivity contribution in [2.45, 2.75) is 32.9 Å². The van der Waals surface area contributed by atoms with Gasteiger partial charge in [-0.1, -0.05) is 49.2 Å². The molecular formula is C21H28Cl2N2O3S. The van der Waals surface area contributed by atoms with E-state index in [2.05, 4.69) is 0 Å². The van der Waals surface area contributed by atoms with Crippen LogP contribution in [0.5, 0.6) is 0 Å². The highest BCUT2D eigenvalue weighted by Gasteiger charge is 2.62. The third kappa shape index (κ3) is 4.92. The van der Waals surface area contributed by atoms with Crippen molar-refractivity contribution in [3.05, 3.63) is 40.4 Å². The Bertz CT molecular complexity index is 906. The van der Waals surface area contributed by atoms with Crippen molar-refractivity contribution in [2.24, 2.45) is 17.3 Å². The van der Waals surface area contributed by atoms with E-state index in [1.165, 1.54) is 0 Å². The molecule has 1 saturated carbocycles. The molecule has 3 rings (SSSR count). The lowest BCUT2D eigenvalue weighted by atomic mass is 10.1. The van der Waals surface area contributed by atoms with Gasteiger partial charge in [0.25, 0.3) is 0 Å². The molecule has 1 aliphatic carbocycles. The van der Waals surface area contributed by atoms with Gasteiger partial charge in [0.2, 0.25) is 5.91 Å². The van der Waals surface area contributed by atoms with Crippen molar-refractivity contribution in [2.75, 3.05) is 30.5 Å². The maximum atomic E-state index is 13.5. The number of benzene rings is 1. The first-order valence-electron chi connectivity index (χ1n) is 9.72. The van der Waals surface area contributed by atoms with Gasteiger partial charge in [0.05, 0.1) is 17.4 Å². The van der Waals surface area contributed by atoms with Crippen LogP contribution in [0.15, 0.2) is 34.8 Å². The van der Waals surface area contributed by atoms with Crippen molar-refractivity contribution in [1.82, 2.24) is 4.90 Å². The van der Waals surface area contributed by atoms with E-state index in [9.17, 15) is 13.2 Å². The Balaban J connectivity index is 1.86. The van der Waals surface area contributed by atoms with Crippen LogP contribution in [-0.2, 0) is 21.2 Å². The lowest BCUT2D eigenvalue weighted by Gasteiger charge is -2.29. The second-order valence-electron chi connectivity index (χ2n) is 8.87. The zero-order valence-corrected chi connectivity index (χ0v) is 19.6. The standard InChI is InChI=1S/C21H28Cl2N2O3S/c1-21(2)17(11-18(22)23)19(21)20(26)25(16-9-10-29(27,28)13-16)12-14-5-7-15(8-6-14)24(3)4/h5-8,11,16-17,19H,9-10,12-13H2,1-4H3/t16-,17-,19-/m0/s1. The molecule has 1 aromatic carbocycles. The van der Waals surface area contributed by atoms with E-state index >= 15 is 0 Å². The minimum Gasteiger partial charge on any atom is -0.378 e. The quantitative estimate of drug-likeness (QED) is 0.649. The Kier molecular flexibility index (Phi) is 6.29. The van der Waals surface area contributed by atoms with Crippen molar-refractivity contribution in [1.29, 1.82) is 0 Å². The van der Waals surface area contributed by atoms with E-state index in [1.54, 1.807) is 11.0 Å². The minimum absolute atomic E-state index is 0.0235. The van der Waals surface area contributed by atoms with Gasteiger partial charge in [-0.05, 0) is 41.5 Å². The fourth-order valence-electron chi connectivity index (χ4n) is 4.28. The molecule has 8 heteroatoms. The summed E-state index contributed by atoms with van der Waals surface area (Å²) in [6.45, 7) is 4.43. The molecule has 160 valence electrons. The molecule has 2 aliphatic rings. The molecule has 29 heavy (non-hydrogen) atoms. The summed E-state index contributed by atoms with van der Waals surface area (Å²) in [4.78, 5) is 17.3. The number of halogens is 2. The van der Waals surface area contributed by atoms with Crippen molar-refractivity contribution in [3.8, 4) is 0 Å². The summed E-state index contributed by atoms with van der Waals surface area (Å²) in [6.07, 6.45) is 2.20. The zero-order valence-electron chi connectivity index (χ0n) is 17.2. The second-order valence-corrected chi connectivity index (χ2v) is 12.1. The Morgan fingerprint density at radius 2 is 1.83 bits per heavy atom. The number of carbonyl (C=O) groups excluding carboxylic acids is 1. The molecule has 3 atom stereocenters. The third-order valence-electron chi connectivity index (χ3n) is 6.22. The van der Waals surface area contributed by atoms with Crippen LogP contribution in [0.2, 0.25) is 0 Å². The van der Waals surface area contributed by atoms with E-state index in [4.69, 9.17) is 23.2 Å². The maximum absolute atomic E-state index is 13.5. The van der Waals surface area contributed by atoms with Gasteiger partial charge >= 0.3 is 0 Å². The number of carbonyl (C=O) groups is 1. The Hall–Kier alpha value is -1.24. The van der Waals surface area contributed by atoms with Crippen LogP contribution in [-0.4, -0.2) is 50.9 Å². The largest absolute Gasteiger partial charge is 0.378 e. The fourth-order valence-corrected chi connectivity index (χ4v) is 6.28. The Morgan fingerprint density at radius 1 is 1.21 bits per heavy atom. The molecule has 0 radical (unpaired) electrons. The highest BCUT2D eigenvalue weighted by molar-refractivity contribution is 7.91. The third-order valence-corrected chi connectivity index (χ3v) is 8.22. The monoisotopic (exact) mass is 458 g/mol. The zero-order chi connectivity index (χ0) is 21.6. The van der Waals surface area contributed by atoms with Crippen LogP contribution in [0.4, 0.5) is 5.69 Å². The predicted molar refractivity (Wildman–Crippen MR) is 119 cm³/mol. The molecule has 1 saturated heterocycles. The summed E-state index contributed by atoms with van der Waals surface area (Å²) in [5.41, 5.74) is 1.80. The minimum atomic E-state index is -3.11. The molecule has 2 fully saturated rings. The van der Waals surface area contributed by atoms with Crippen LogP contribution in [0.1, 0.15) is 25.8 Å². The first-order valence-corrected chi connectivity index (χ1v) is 12.3. The normalized spacial score (nSPS) is 26.6. The van der Waals surface area contributed by atoms with E-state index in [0.717, 1.165) is 11.3 Å². The van der Waals surface area contributed by atoms with Crippen LogP contribution < -0.4 is 4.90 Å². The molecule has 0 spiro atoms. The average Bonchev–Trinajstić information content (AvgIpc) is 2.94. The molecular weight excluding hydrogens is 431 g/mol. The Labute approximate surface area is 183 Å². The summed E-state index contributed by atoms with van der Waals surface area (Å²) in [6, 6.07) is 7.69. The summed E-state index contributed by atoms with van der Waals surface area (Å²) in [7, 11) is 0.837. The van der Waals surface area contributed by atoms with Crippen molar-refractivity contribution < 1.29 is 13.2 Å². The molecule has 0 aromatic heterocycles. The van der Waals surface area contributed by atoms with Crippen LogP contribution in [0.3, 0.4) is 0 Å². The van der Waals surface area contributed by atoms with Gasteiger partial charge in [-0.25, -0.2) is 8.42 Å². The maximum Gasteiger partial charge on any atom is 0.227 e. The van der Waals surface area contributed by atoms with Gasteiger partial charge in [-0.2, -0.15) is 0 Å². The van der Waals surface area contributed by atoms with Crippen LogP contribution in [0.25, 0.3) is 0 Å². The first kappa shape index (κ1) is 22.4. The summed E-state index contributed by atoms with van der Waals surface area (Å²) >= 11 is 11.7. The molecule has 1 aliphatic heterocycles. The number of nitrogens with zero attached hydrogens (tertiary/aromatic N) is 2.